The number of amides is 2. The molecular weight excluding hydrogens is 1610 g/mol. The number of benzene rings is 4. The van der Waals surface area contributed by atoms with Gasteiger partial charge in [0.1, 0.15) is 41.8 Å². The molecule has 0 aliphatic rings. The molecule has 3 atom stereocenters. The molecule has 0 saturated carbocycles. The Labute approximate surface area is 689 Å². The number of esters is 1. The third-order valence-corrected chi connectivity index (χ3v) is 20.2. The van der Waals surface area contributed by atoms with Crippen molar-refractivity contribution in [2.75, 3.05) is 55.1 Å². The highest BCUT2D eigenvalue weighted by Gasteiger charge is 2.32. The topological polar surface area (TPSA) is 505 Å². The van der Waals surface area contributed by atoms with Gasteiger partial charge in [-0.2, -0.15) is 29.0 Å². The highest BCUT2D eigenvalue weighted by molar-refractivity contribution is 7.89. The molecule has 0 aliphatic carbocycles. The van der Waals surface area contributed by atoms with Gasteiger partial charge in [-0.25, -0.2) is 57.8 Å². The van der Waals surface area contributed by atoms with Crippen molar-refractivity contribution < 1.29 is 56.0 Å². The lowest BCUT2D eigenvalue weighted by molar-refractivity contribution is -0.115. The van der Waals surface area contributed by atoms with E-state index in [9.17, 15) is 67.1 Å². The highest BCUT2D eigenvalue weighted by Crippen LogP contribution is 2.37. The zero-order valence-electron chi connectivity index (χ0n) is 64.5. The fraction of sp³-hybridized carbons (Fsp3) is 0.225. The Morgan fingerprint density at radius 3 is 1.41 bits per heavy atom. The first-order valence-corrected chi connectivity index (χ1v) is 38.2. The minimum atomic E-state index is -4.48. The van der Waals surface area contributed by atoms with Gasteiger partial charge in [-0.1, -0.05) is 89.4 Å². The Morgan fingerprint density at radius 2 is 0.958 bits per heavy atom. The number of H-pyrrole nitrogens is 4. The number of nitriles is 3. The molecule has 0 aliphatic heterocycles. The van der Waals surface area contributed by atoms with Gasteiger partial charge in [0.05, 0.1) is 103 Å². The summed E-state index contributed by atoms with van der Waals surface area (Å²) in [5.41, 5.74) is 23.9. The summed E-state index contributed by atoms with van der Waals surface area (Å²) >= 11 is 18.0. The molecule has 8 heterocycles. The second kappa shape index (κ2) is 39.5. The number of aliphatic hydroxyl groups is 3. The van der Waals surface area contributed by atoms with Crippen LogP contribution in [-0.2, 0) is 14.8 Å². The molecule has 8 aromatic heterocycles. The van der Waals surface area contributed by atoms with Crippen molar-refractivity contribution >= 4 is 92.1 Å². The van der Waals surface area contributed by atoms with Gasteiger partial charge in [0.2, 0.25) is 23.8 Å². The number of aromatic amines is 4. The van der Waals surface area contributed by atoms with Gasteiger partial charge in [0.15, 0.2) is 5.03 Å². The number of nitrogens with two attached hydrogens (primary N) is 2. The number of aryl methyl sites for hydroxylation is 4. The monoisotopic (exact) mass is 1680 g/mol. The molecule has 0 saturated heterocycles. The molecule has 0 unspecified atom stereocenters. The third kappa shape index (κ3) is 21.7. The van der Waals surface area contributed by atoms with E-state index >= 15 is 0 Å². The highest BCUT2D eigenvalue weighted by atomic mass is 35.5. The van der Waals surface area contributed by atoms with E-state index in [0.29, 0.717) is 133 Å². The van der Waals surface area contributed by atoms with Crippen molar-refractivity contribution in [2.45, 2.75) is 91.6 Å². The second-order valence-corrected chi connectivity index (χ2v) is 29.1. The van der Waals surface area contributed by atoms with Gasteiger partial charge in [-0.3, -0.25) is 9.59 Å². The average Bonchev–Trinajstić information content (AvgIpc) is 1.65. The Balaban J connectivity index is 0.000000180. The van der Waals surface area contributed by atoms with Crippen LogP contribution in [0, 0.1) is 89.4 Å². The number of para-hydroxylation sites is 1. The number of nitrogens with one attached hydrogen (secondary N) is 9. The first kappa shape index (κ1) is 88.8. The number of aromatic nitrogens is 12. The Kier molecular flexibility index (Phi) is 29.7. The van der Waals surface area contributed by atoms with Crippen LogP contribution in [0.25, 0.3) is 45.0 Å². The molecule has 118 heavy (non-hydrogen) atoms. The van der Waals surface area contributed by atoms with Crippen LogP contribution in [0.2, 0.25) is 15.1 Å². The second-order valence-electron chi connectivity index (χ2n) is 26.1. The van der Waals surface area contributed by atoms with E-state index in [-0.39, 0.29) is 65.2 Å². The van der Waals surface area contributed by atoms with Gasteiger partial charge in [-0.05, 0) is 156 Å². The SMILES string of the molecule is CCOC(=O)c1[nH]c(C)c(-c2nc(Nc3ccccc3)ncc2C#N)c1C.Cc1[nH]c(C(=O)N[C@H](CO)c2cccc(Cl)c2)c(C)c1-c1nc(N)ncc1C#N.Cc1[nH]c(C(=O)N[C@H](CO)c2cccc(Cl)c2)c(C)c1-c1nc(NCC(F)(F)F)ncc1C#N.Cc1[nH]c(S(=O)(=O)N[C@H](CO)c2cccc(Cl)c2)c(C)c1-c1ccnc(N)n1. The number of hydrogen-bond donors (Lipinski definition) is 14. The number of halogens is 6. The van der Waals surface area contributed by atoms with E-state index in [1.807, 2.05) is 49.4 Å². The van der Waals surface area contributed by atoms with Crippen LogP contribution < -0.4 is 37.5 Å². The maximum atomic E-state index is 13.0. The summed E-state index contributed by atoms with van der Waals surface area (Å²) < 4.78 is 71.3. The van der Waals surface area contributed by atoms with Crippen molar-refractivity contribution in [1.29, 1.82) is 15.8 Å². The number of carbonyl (C=O) groups is 3. The summed E-state index contributed by atoms with van der Waals surface area (Å²) in [6.45, 7) is 13.5. The summed E-state index contributed by atoms with van der Waals surface area (Å²) in [7, 11) is -3.97. The number of nitrogen functional groups attached to an aromatic ring is 2. The quantitative estimate of drug-likeness (QED) is 0.0264. The number of aliphatic hydroxyl groups excluding tert-OH is 3. The van der Waals surface area contributed by atoms with E-state index in [1.54, 1.807) is 134 Å². The summed E-state index contributed by atoms with van der Waals surface area (Å²) in [6, 6.07) is 35.3. The molecule has 0 bridgehead atoms. The predicted molar refractivity (Wildman–Crippen MR) is 437 cm³/mol. The Morgan fingerprint density at radius 1 is 0.534 bits per heavy atom. The smallest absolute Gasteiger partial charge is 0.405 e. The van der Waals surface area contributed by atoms with Gasteiger partial charge in [0, 0.05) is 72.0 Å². The minimum Gasteiger partial charge on any atom is -0.461 e. The van der Waals surface area contributed by atoms with Crippen molar-refractivity contribution in [2.24, 2.45) is 0 Å². The van der Waals surface area contributed by atoms with Gasteiger partial charge in [-0.15, -0.1) is 0 Å². The van der Waals surface area contributed by atoms with Crippen LogP contribution >= 0.6 is 34.8 Å². The van der Waals surface area contributed by atoms with Crippen molar-refractivity contribution in [3.63, 3.8) is 0 Å². The summed E-state index contributed by atoms with van der Waals surface area (Å²) in [5, 5.41) is 69.7. The molecule has 610 valence electrons. The van der Waals surface area contributed by atoms with E-state index in [2.05, 4.69) is 91.9 Å². The molecule has 31 nitrogen and oxygen atoms in total. The predicted octanol–water partition coefficient (Wildman–Crippen LogP) is 12.9. The van der Waals surface area contributed by atoms with E-state index in [0.717, 1.165) is 17.6 Å². The normalized spacial score (nSPS) is 11.8. The van der Waals surface area contributed by atoms with Gasteiger partial charge < -0.3 is 72.7 Å². The zero-order valence-corrected chi connectivity index (χ0v) is 67.6. The standard InChI is InChI=1S/C22H20ClF3N6O2.C20H19ClN6O2.C20H19N5O2.C18H20ClN5O3S/c1-11-17(19-14(7-27)8-28-21(32-19)29-10-22(24,25)26)12(2)30-18(11)20(34)31-16(9-33)13-4-3-5-15(23)6-13;1-10-16(18-13(7-22)8-24-20(23)27-18)11(2)25-17(10)19(29)26-15(9-28)12-4-3-5-14(21)6-12;1-4-27-19(26)17-12(2)16(13(3)23-17)18-14(10-21)11-22-20(25-18)24-15-8-6-5-7-9-15;1-10-16(14-6-7-21-18(20)23-14)11(2)22-17(10)28(26,27)24-15(9-25)12-4-3-5-13(19)8-12/h3-6,8,16,30,33H,9-10H2,1-2H3,(H,31,34)(H,28,29,32);3-6,8,15,25,28H,9H2,1-2H3,(H,26,29)(H2,23,24,27);5-9,11,23H,4H2,1-3H3,(H,22,24,25);3-8,15,22,24-25H,9H2,1-2H3,(H2,20,21,23)/t16-;15-;;15-/m11.1/s1. The average molecular weight is 1690 g/mol. The molecule has 12 aromatic rings. The molecule has 16 N–H and O–H groups in total. The zero-order chi connectivity index (χ0) is 86.0. The maximum Gasteiger partial charge on any atom is 0.405 e. The maximum absolute atomic E-state index is 13.0. The lowest BCUT2D eigenvalue weighted by Crippen LogP contribution is -2.31. The lowest BCUT2D eigenvalue weighted by atomic mass is 10.0. The van der Waals surface area contributed by atoms with Crippen LogP contribution in [0.3, 0.4) is 0 Å². The molecule has 2 amide bonds. The van der Waals surface area contributed by atoms with Crippen LogP contribution in [0.1, 0.15) is 135 Å². The minimum absolute atomic E-state index is 0.00217. The van der Waals surface area contributed by atoms with Crippen molar-refractivity contribution in [3.8, 4) is 63.2 Å². The number of alkyl halides is 3. The summed E-state index contributed by atoms with van der Waals surface area (Å²) in [4.78, 5) is 82.7. The third-order valence-electron chi connectivity index (χ3n) is 18.0. The first-order valence-electron chi connectivity index (χ1n) is 35.6. The molecule has 0 fully saturated rings. The molecule has 38 heteroatoms. The van der Waals surface area contributed by atoms with Crippen molar-refractivity contribution in [1.82, 2.24) is 75.2 Å². The van der Waals surface area contributed by atoms with E-state index in [4.69, 9.17) is 51.0 Å². The molecular formula is C80H78Cl3F3N22O9S. The number of anilines is 5. The number of hydrogen-bond acceptors (Lipinski definition) is 24. The van der Waals surface area contributed by atoms with Gasteiger partial charge >= 0.3 is 12.1 Å². The number of carbonyl (C=O) groups excluding carboxylic acids is 3. The number of rotatable bonds is 23. The van der Waals surface area contributed by atoms with Crippen LogP contribution in [0.5, 0.6) is 0 Å². The number of sulfonamides is 1. The first-order chi connectivity index (χ1) is 56.2. The number of ether oxygens (including phenoxy) is 1. The van der Waals surface area contributed by atoms with E-state index in [1.165, 1.54) is 18.6 Å². The number of nitrogens with zero attached hydrogens (tertiary/aromatic N) is 11. The van der Waals surface area contributed by atoms with Gasteiger partial charge in [0.25, 0.3) is 21.8 Å². The van der Waals surface area contributed by atoms with Crippen LogP contribution in [0.15, 0.2) is 139 Å². The van der Waals surface area contributed by atoms with Crippen LogP contribution in [-0.4, -0.2) is 140 Å². The van der Waals surface area contributed by atoms with Crippen LogP contribution in [0.4, 0.5) is 42.7 Å². The molecule has 0 radical (unpaired) electrons. The summed E-state index contributed by atoms with van der Waals surface area (Å²) in [6.07, 6.45) is 0.979. The Bertz CT molecular complexity index is 5940. The molecule has 12 rings (SSSR count). The summed E-state index contributed by atoms with van der Waals surface area (Å²) in [5.74, 6) is -1.18. The molecule has 4 aromatic carbocycles. The van der Waals surface area contributed by atoms with E-state index < -0.39 is 65.3 Å². The largest absolute Gasteiger partial charge is 0.461 e. The lowest BCUT2D eigenvalue weighted by Gasteiger charge is -2.17. The fourth-order valence-electron chi connectivity index (χ4n) is 12.6. The molecule has 0 spiro atoms. The van der Waals surface area contributed by atoms with Crippen molar-refractivity contribution in [3.05, 3.63) is 245 Å². The fourth-order valence-corrected chi connectivity index (χ4v) is 14.7. The Hall–Kier alpha value is -13.2.